The number of amidine groups is 1. The molecule has 0 amide bonds. The van der Waals surface area contributed by atoms with Crippen molar-refractivity contribution < 1.29 is 9.47 Å². The van der Waals surface area contributed by atoms with Crippen LogP contribution in [-0.2, 0) is 11.3 Å². The molecule has 0 bridgehead atoms. The Balaban J connectivity index is 1.64. The van der Waals surface area contributed by atoms with Gasteiger partial charge >= 0.3 is 0 Å². The summed E-state index contributed by atoms with van der Waals surface area (Å²) in [6.07, 6.45) is 4.26. The molecular weight excluding hydrogens is 420 g/mol. The molecular formula is C23H30N8O2. The molecule has 2 aromatic rings. The van der Waals surface area contributed by atoms with Crippen molar-refractivity contribution in [1.82, 2.24) is 19.8 Å². The lowest BCUT2D eigenvalue weighted by Crippen LogP contribution is -2.40. The minimum absolute atomic E-state index is 0.167. The first-order chi connectivity index (χ1) is 16.0. The maximum Gasteiger partial charge on any atom is 0.172 e. The molecule has 0 atom stereocenters. The number of nitrogens with zero attached hydrogens (tertiary/aromatic N) is 6. The molecule has 1 aliphatic heterocycles. The average Bonchev–Trinajstić information content (AvgIpc) is 2.83. The van der Waals surface area contributed by atoms with E-state index in [0.717, 1.165) is 57.1 Å². The molecule has 10 nitrogen and oxygen atoms in total. The number of likely N-dealkylation sites (N-methyl/N-ethyl adjacent to an activating group) is 1. The number of aliphatic imine (C=N–C) groups is 1. The Bertz CT molecular complexity index is 1020. The molecule has 1 aliphatic rings. The van der Waals surface area contributed by atoms with Crippen LogP contribution in [0.4, 0.5) is 5.82 Å². The number of aromatic nitrogens is 2. The molecule has 1 aromatic heterocycles. The third-order valence-corrected chi connectivity index (χ3v) is 5.23. The topological polar surface area (TPSA) is 139 Å². The molecule has 1 saturated heterocycles. The zero-order valence-corrected chi connectivity index (χ0v) is 19.1. The second-order valence-electron chi connectivity index (χ2n) is 7.73. The van der Waals surface area contributed by atoms with E-state index in [-0.39, 0.29) is 17.3 Å². The molecule has 0 radical (unpaired) electrons. The lowest BCUT2D eigenvalue weighted by molar-refractivity contribution is 0.0342. The Labute approximate surface area is 194 Å². The van der Waals surface area contributed by atoms with Crippen LogP contribution in [-0.4, -0.2) is 79.2 Å². The van der Waals surface area contributed by atoms with Crippen LogP contribution in [0.1, 0.15) is 16.8 Å². The summed E-state index contributed by atoms with van der Waals surface area (Å²) >= 11 is 0. The maximum absolute atomic E-state index is 8.79. The standard InChI is InChI=1S/C23H30N8O2/c1-30(5-6-31-7-9-33-10-8-31)16-17-3-4-19(21(11-17)32-2)20(25)12-22(26)29-23-15-27-18(13-24)14-28-23/h3-4,11-12,14-15H,5-10,16,25H2,1-2H3,(H2,26,28,29)/b20-12-. The summed E-state index contributed by atoms with van der Waals surface area (Å²) in [4.78, 5) is 16.8. The van der Waals surface area contributed by atoms with Gasteiger partial charge in [0.15, 0.2) is 11.5 Å². The van der Waals surface area contributed by atoms with E-state index in [0.29, 0.717) is 11.4 Å². The fraction of sp³-hybridized carbons (Fsp3) is 0.391. The monoisotopic (exact) mass is 450 g/mol. The highest BCUT2D eigenvalue weighted by molar-refractivity contribution is 5.99. The smallest absolute Gasteiger partial charge is 0.172 e. The van der Waals surface area contributed by atoms with Crippen LogP contribution in [0.25, 0.3) is 5.70 Å². The van der Waals surface area contributed by atoms with Crippen LogP contribution >= 0.6 is 0 Å². The number of ether oxygens (including phenoxy) is 2. The van der Waals surface area contributed by atoms with E-state index in [1.54, 1.807) is 13.2 Å². The van der Waals surface area contributed by atoms with Crippen molar-refractivity contribution in [3.63, 3.8) is 0 Å². The van der Waals surface area contributed by atoms with E-state index in [2.05, 4.69) is 31.8 Å². The average molecular weight is 451 g/mol. The van der Waals surface area contributed by atoms with Crippen LogP contribution < -0.4 is 16.2 Å². The van der Waals surface area contributed by atoms with Gasteiger partial charge in [0, 0.05) is 50.1 Å². The number of benzene rings is 1. The summed E-state index contributed by atoms with van der Waals surface area (Å²) in [6.45, 7) is 6.40. The number of methoxy groups -OCH3 is 1. The molecule has 0 saturated carbocycles. The summed E-state index contributed by atoms with van der Waals surface area (Å²) < 4.78 is 11.0. The van der Waals surface area contributed by atoms with E-state index in [4.69, 9.17) is 26.2 Å². The molecule has 3 rings (SSSR count). The summed E-state index contributed by atoms with van der Waals surface area (Å²) in [6, 6.07) is 7.84. The zero-order chi connectivity index (χ0) is 23.6. The van der Waals surface area contributed by atoms with Gasteiger partial charge in [-0.05, 0) is 24.7 Å². The fourth-order valence-electron chi connectivity index (χ4n) is 3.44. The SMILES string of the molecule is COc1cc(CN(C)CCN2CCOCC2)ccc1/C(N)=C/C(N)=Nc1cnc(C#N)cn1. The molecule has 2 heterocycles. The van der Waals surface area contributed by atoms with E-state index in [9.17, 15) is 0 Å². The minimum Gasteiger partial charge on any atom is -0.496 e. The van der Waals surface area contributed by atoms with E-state index in [1.165, 1.54) is 12.4 Å². The van der Waals surface area contributed by atoms with Crippen LogP contribution in [0.2, 0.25) is 0 Å². The lowest BCUT2D eigenvalue weighted by Gasteiger charge is -2.28. The van der Waals surface area contributed by atoms with Crippen molar-refractivity contribution in [2.75, 3.05) is 53.6 Å². The number of rotatable bonds is 9. The van der Waals surface area contributed by atoms with Gasteiger partial charge in [0.2, 0.25) is 0 Å². The number of hydrogen-bond donors (Lipinski definition) is 2. The van der Waals surface area contributed by atoms with Crippen LogP contribution in [0.5, 0.6) is 5.75 Å². The number of nitrogens with two attached hydrogens (primary N) is 2. The Morgan fingerprint density at radius 3 is 2.76 bits per heavy atom. The van der Waals surface area contributed by atoms with Crippen LogP contribution in [0, 0.1) is 11.3 Å². The van der Waals surface area contributed by atoms with Gasteiger partial charge in [0.25, 0.3) is 0 Å². The second-order valence-corrected chi connectivity index (χ2v) is 7.73. The van der Waals surface area contributed by atoms with Crippen molar-refractivity contribution in [2.45, 2.75) is 6.54 Å². The molecule has 10 heteroatoms. The Kier molecular flexibility index (Phi) is 8.71. The highest BCUT2D eigenvalue weighted by Crippen LogP contribution is 2.25. The van der Waals surface area contributed by atoms with Gasteiger partial charge in [-0.2, -0.15) is 5.26 Å². The minimum atomic E-state index is 0.167. The summed E-state index contributed by atoms with van der Waals surface area (Å²) in [5.74, 6) is 1.12. The van der Waals surface area contributed by atoms with Crippen molar-refractivity contribution in [2.24, 2.45) is 16.5 Å². The van der Waals surface area contributed by atoms with E-state index < -0.39 is 0 Å². The van der Waals surface area contributed by atoms with Gasteiger partial charge in [0.1, 0.15) is 17.7 Å². The predicted molar refractivity (Wildman–Crippen MR) is 127 cm³/mol. The second kappa shape index (κ2) is 11.9. The lowest BCUT2D eigenvalue weighted by atomic mass is 10.1. The van der Waals surface area contributed by atoms with Gasteiger partial charge in [0.05, 0.1) is 32.7 Å². The molecule has 174 valence electrons. The number of morpholine rings is 1. The van der Waals surface area contributed by atoms with Gasteiger partial charge in [-0.1, -0.05) is 6.07 Å². The Morgan fingerprint density at radius 1 is 1.30 bits per heavy atom. The van der Waals surface area contributed by atoms with Gasteiger partial charge < -0.3 is 25.8 Å². The van der Waals surface area contributed by atoms with E-state index in [1.807, 2.05) is 24.3 Å². The Hall–Kier alpha value is -3.52. The first kappa shape index (κ1) is 24.1. The predicted octanol–water partition coefficient (Wildman–Crippen LogP) is 1.11. The molecule has 0 aliphatic carbocycles. The van der Waals surface area contributed by atoms with Crippen molar-refractivity contribution in [3.8, 4) is 11.8 Å². The van der Waals surface area contributed by atoms with Gasteiger partial charge in [-0.3, -0.25) is 4.90 Å². The highest BCUT2D eigenvalue weighted by Gasteiger charge is 2.12. The molecule has 0 spiro atoms. The third kappa shape index (κ3) is 7.25. The molecule has 4 N–H and O–H groups in total. The zero-order valence-electron chi connectivity index (χ0n) is 19.1. The highest BCUT2D eigenvalue weighted by atomic mass is 16.5. The first-order valence-corrected chi connectivity index (χ1v) is 10.7. The van der Waals surface area contributed by atoms with Gasteiger partial charge in [-0.15, -0.1) is 0 Å². The summed E-state index contributed by atoms with van der Waals surface area (Å²) in [5.41, 5.74) is 14.7. The number of nitriles is 1. The van der Waals surface area contributed by atoms with Crippen LogP contribution in [0.15, 0.2) is 41.7 Å². The quantitative estimate of drug-likeness (QED) is 0.425. The summed E-state index contributed by atoms with van der Waals surface area (Å²) in [5, 5.41) is 8.79. The van der Waals surface area contributed by atoms with Crippen molar-refractivity contribution in [1.29, 1.82) is 5.26 Å². The number of hydrogen-bond acceptors (Lipinski definition) is 9. The van der Waals surface area contributed by atoms with Crippen molar-refractivity contribution in [3.05, 3.63) is 53.5 Å². The van der Waals surface area contributed by atoms with E-state index >= 15 is 0 Å². The molecule has 0 unspecified atom stereocenters. The third-order valence-electron chi connectivity index (χ3n) is 5.23. The largest absolute Gasteiger partial charge is 0.496 e. The molecule has 33 heavy (non-hydrogen) atoms. The molecule has 1 aromatic carbocycles. The summed E-state index contributed by atoms with van der Waals surface area (Å²) in [7, 11) is 3.72. The van der Waals surface area contributed by atoms with Crippen molar-refractivity contribution >= 4 is 17.4 Å². The fourth-order valence-corrected chi connectivity index (χ4v) is 3.44. The maximum atomic E-state index is 8.79. The van der Waals surface area contributed by atoms with Crippen LogP contribution in [0.3, 0.4) is 0 Å². The molecule has 1 fully saturated rings. The van der Waals surface area contributed by atoms with Gasteiger partial charge in [-0.25, -0.2) is 15.0 Å². The Morgan fingerprint density at radius 2 is 2.09 bits per heavy atom. The first-order valence-electron chi connectivity index (χ1n) is 10.7. The normalized spacial score (nSPS) is 15.5.